The number of aromatic nitrogens is 2. The van der Waals surface area contributed by atoms with Crippen molar-refractivity contribution in [1.82, 2.24) is 14.7 Å². The van der Waals surface area contributed by atoms with Crippen molar-refractivity contribution in [3.05, 3.63) is 41.2 Å². The van der Waals surface area contributed by atoms with E-state index < -0.39 is 10.0 Å². The number of methoxy groups -OCH3 is 1. The fourth-order valence-electron chi connectivity index (χ4n) is 2.18. The fourth-order valence-corrected chi connectivity index (χ4v) is 3.26. The molecule has 2 aromatic rings. The third-order valence-electron chi connectivity index (χ3n) is 3.42. The summed E-state index contributed by atoms with van der Waals surface area (Å²) in [6.45, 7) is 3.74. The number of nitrogens with zero attached hydrogens (tertiary/aromatic N) is 3. The summed E-state index contributed by atoms with van der Waals surface area (Å²) in [7, 11) is 1.59. The summed E-state index contributed by atoms with van der Waals surface area (Å²) in [6.07, 6.45) is 0. The van der Waals surface area contributed by atoms with E-state index in [1.165, 1.54) is 6.07 Å². The lowest BCUT2D eigenvalue weighted by molar-refractivity contribution is 0.411. The van der Waals surface area contributed by atoms with E-state index in [2.05, 4.69) is 14.7 Å². The lowest BCUT2D eigenvalue weighted by Gasteiger charge is -2.13. The average Bonchev–Trinajstić information content (AvgIpc) is 2.52. The van der Waals surface area contributed by atoms with Crippen LogP contribution in [0.25, 0.3) is 0 Å². The number of nitrogens with one attached hydrogen (secondary N) is 1. The van der Waals surface area contributed by atoms with Crippen molar-refractivity contribution in [1.29, 1.82) is 0 Å². The molecule has 1 heterocycles. The number of sulfonamides is 1. The van der Waals surface area contributed by atoms with Crippen LogP contribution in [0.4, 0.5) is 5.95 Å². The van der Waals surface area contributed by atoms with Crippen LogP contribution >= 0.6 is 0 Å². The molecule has 0 radical (unpaired) electrons. The van der Waals surface area contributed by atoms with Gasteiger partial charge in [-0.2, -0.15) is 0 Å². The molecule has 0 aliphatic heterocycles. The molecule has 0 aliphatic rings. The Morgan fingerprint density at radius 3 is 2.46 bits per heavy atom. The molecule has 1 aromatic carbocycles. The topological polar surface area (TPSA) is 84.4 Å². The minimum Gasteiger partial charge on any atom is -0.496 e. The Kier molecular flexibility index (Phi) is 5.40. The standard InChI is InChI=1S/C16H22N4O3S/c1-11-8-14(6-7-15(11)23-5)24(21,22)17-10-13-9-12(2)18-16(19-13)20(3)4/h6-9,17H,10H2,1-5H3. The van der Waals surface area contributed by atoms with Gasteiger partial charge in [-0.1, -0.05) is 0 Å². The van der Waals surface area contributed by atoms with Gasteiger partial charge >= 0.3 is 0 Å². The smallest absolute Gasteiger partial charge is 0.240 e. The first-order valence-corrected chi connectivity index (χ1v) is 8.87. The van der Waals surface area contributed by atoms with Crippen LogP contribution in [0.5, 0.6) is 5.75 Å². The van der Waals surface area contributed by atoms with E-state index in [0.717, 1.165) is 11.3 Å². The van der Waals surface area contributed by atoms with Gasteiger partial charge < -0.3 is 9.64 Å². The highest BCUT2D eigenvalue weighted by molar-refractivity contribution is 7.89. The van der Waals surface area contributed by atoms with E-state index in [1.807, 2.05) is 21.0 Å². The molecule has 0 aliphatic carbocycles. The first-order chi connectivity index (χ1) is 11.2. The molecule has 0 atom stereocenters. The molecule has 130 valence electrons. The van der Waals surface area contributed by atoms with Crippen molar-refractivity contribution < 1.29 is 13.2 Å². The Hall–Kier alpha value is -2.19. The minimum atomic E-state index is -3.63. The molecule has 0 saturated heterocycles. The first kappa shape index (κ1) is 18.2. The Bertz CT molecular complexity index is 835. The van der Waals surface area contributed by atoms with Gasteiger partial charge in [0.15, 0.2) is 0 Å². The molecule has 24 heavy (non-hydrogen) atoms. The lowest BCUT2D eigenvalue weighted by Crippen LogP contribution is -2.24. The average molecular weight is 350 g/mol. The monoisotopic (exact) mass is 350 g/mol. The Labute approximate surface area is 142 Å². The fraction of sp³-hybridized carbons (Fsp3) is 0.375. The van der Waals surface area contributed by atoms with Crippen LogP contribution in [0, 0.1) is 13.8 Å². The largest absolute Gasteiger partial charge is 0.496 e. The zero-order valence-electron chi connectivity index (χ0n) is 14.5. The maximum Gasteiger partial charge on any atom is 0.240 e. The highest BCUT2D eigenvalue weighted by Gasteiger charge is 2.16. The summed E-state index contributed by atoms with van der Waals surface area (Å²) >= 11 is 0. The van der Waals surface area contributed by atoms with Crippen molar-refractivity contribution in [2.45, 2.75) is 25.3 Å². The highest BCUT2D eigenvalue weighted by atomic mass is 32.2. The second-order valence-electron chi connectivity index (χ2n) is 5.65. The highest BCUT2D eigenvalue weighted by Crippen LogP contribution is 2.21. The van der Waals surface area contributed by atoms with E-state index in [0.29, 0.717) is 17.4 Å². The zero-order valence-corrected chi connectivity index (χ0v) is 15.3. The summed E-state index contributed by atoms with van der Waals surface area (Å²) < 4.78 is 32.6. The van der Waals surface area contributed by atoms with Crippen LogP contribution in [0.15, 0.2) is 29.2 Å². The number of hydrogen-bond acceptors (Lipinski definition) is 6. The molecule has 0 saturated carbocycles. The molecule has 0 bridgehead atoms. The van der Waals surface area contributed by atoms with Crippen LogP contribution in [0.1, 0.15) is 17.0 Å². The van der Waals surface area contributed by atoms with Crippen LogP contribution < -0.4 is 14.4 Å². The van der Waals surface area contributed by atoms with Crippen LogP contribution in [0.2, 0.25) is 0 Å². The number of anilines is 1. The van der Waals surface area contributed by atoms with E-state index in [1.54, 1.807) is 37.1 Å². The number of aryl methyl sites for hydroxylation is 2. The van der Waals surface area contributed by atoms with Gasteiger partial charge in [-0.15, -0.1) is 0 Å². The van der Waals surface area contributed by atoms with Crippen molar-refractivity contribution >= 4 is 16.0 Å². The molecule has 7 nitrogen and oxygen atoms in total. The van der Waals surface area contributed by atoms with Gasteiger partial charge in [-0.05, 0) is 43.7 Å². The predicted octanol–water partition coefficient (Wildman–Crippen LogP) is 1.65. The van der Waals surface area contributed by atoms with Gasteiger partial charge in [0.05, 0.1) is 24.2 Å². The summed E-state index contributed by atoms with van der Waals surface area (Å²) in [4.78, 5) is 10.6. The van der Waals surface area contributed by atoms with Crippen molar-refractivity contribution in [3.8, 4) is 5.75 Å². The van der Waals surface area contributed by atoms with Crippen LogP contribution in [0.3, 0.4) is 0 Å². The van der Waals surface area contributed by atoms with Crippen molar-refractivity contribution in [2.24, 2.45) is 0 Å². The van der Waals surface area contributed by atoms with Gasteiger partial charge in [0.1, 0.15) is 5.75 Å². The van der Waals surface area contributed by atoms with Crippen molar-refractivity contribution in [2.75, 3.05) is 26.1 Å². The molecule has 0 unspecified atom stereocenters. The van der Waals surface area contributed by atoms with Crippen molar-refractivity contribution in [3.63, 3.8) is 0 Å². The quantitative estimate of drug-likeness (QED) is 0.853. The Morgan fingerprint density at radius 2 is 1.88 bits per heavy atom. The molecule has 0 spiro atoms. The van der Waals surface area contributed by atoms with E-state index in [4.69, 9.17) is 4.74 Å². The van der Waals surface area contributed by atoms with Gasteiger partial charge in [-0.3, -0.25) is 0 Å². The number of rotatable bonds is 6. The molecule has 1 N–H and O–H groups in total. The summed E-state index contributed by atoms with van der Waals surface area (Å²) in [5.41, 5.74) is 2.15. The van der Waals surface area contributed by atoms with Gasteiger partial charge in [0.2, 0.25) is 16.0 Å². The first-order valence-electron chi connectivity index (χ1n) is 7.39. The second kappa shape index (κ2) is 7.14. The van der Waals surface area contributed by atoms with Crippen LogP contribution in [-0.2, 0) is 16.6 Å². The van der Waals surface area contributed by atoms with E-state index in [9.17, 15) is 8.42 Å². The number of ether oxygens (including phenoxy) is 1. The number of hydrogen-bond donors (Lipinski definition) is 1. The molecule has 1 aromatic heterocycles. The Balaban J connectivity index is 2.20. The Morgan fingerprint density at radius 1 is 1.17 bits per heavy atom. The molecule has 0 fully saturated rings. The molecule has 8 heteroatoms. The normalized spacial score (nSPS) is 11.4. The number of benzene rings is 1. The second-order valence-corrected chi connectivity index (χ2v) is 7.42. The van der Waals surface area contributed by atoms with E-state index in [-0.39, 0.29) is 11.4 Å². The maximum atomic E-state index is 12.5. The molecular weight excluding hydrogens is 328 g/mol. The van der Waals surface area contributed by atoms with E-state index >= 15 is 0 Å². The lowest BCUT2D eigenvalue weighted by atomic mass is 10.2. The zero-order chi connectivity index (χ0) is 17.9. The maximum absolute atomic E-state index is 12.5. The third kappa shape index (κ3) is 4.21. The minimum absolute atomic E-state index is 0.0949. The van der Waals surface area contributed by atoms with Gasteiger partial charge in [0.25, 0.3) is 0 Å². The molecular formula is C16H22N4O3S. The van der Waals surface area contributed by atoms with Crippen LogP contribution in [-0.4, -0.2) is 39.6 Å². The van der Waals surface area contributed by atoms with Gasteiger partial charge in [0, 0.05) is 19.8 Å². The molecule has 2 rings (SSSR count). The summed E-state index contributed by atoms with van der Waals surface area (Å²) in [5, 5.41) is 0. The summed E-state index contributed by atoms with van der Waals surface area (Å²) in [6, 6.07) is 6.50. The third-order valence-corrected chi connectivity index (χ3v) is 4.81. The summed E-state index contributed by atoms with van der Waals surface area (Å²) in [5.74, 6) is 1.19. The van der Waals surface area contributed by atoms with Gasteiger partial charge in [-0.25, -0.2) is 23.1 Å². The SMILES string of the molecule is COc1ccc(S(=O)(=O)NCc2cc(C)nc(N(C)C)n2)cc1C. The molecule has 0 amide bonds. The predicted molar refractivity (Wildman–Crippen MR) is 92.9 cm³/mol.